The molecule has 4 saturated heterocycles. The molecule has 0 aromatic heterocycles. The van der Waals surface area contributed by atoms with E-state index in [1.54, 1.807) is 19.1 Å². The molecule has 2 spiro atoms. The van der Waals surface area contributed by atoms with Gasteiger partial charge < -0.3 is 48.9 Å². The zero-order valence-electron chi connectivity index (χ0n) is 33.9. The van der Waals surface area contributed by atoms with Gasteiger partial charge in [0.2, 0.25) is 5.79 Å². The van der Waals surface area contributed by atoms with Crippen molar-refractivity contribution in [2.45, 2.75) is 199 Å². The molecule has 18 atom stereocenters. The third-order valence-corrected chi connectivity index (χ3v) is 14.4. The number of hydrogen-bond donors (Lipinski definition) is 3. The number of aliphatic hydroxyl groups excluding tert-OH is 2. The Morgan fingerprint density at radius 2 is 1.58 bits per heavy atom. The molecule has 11 nitrogen and oxygen atoms in total. The van der Waals surface area contributed by atoms with Crippen molar-refractivity contribution in [1.82, 2.24) is 0 Å². The number of rotatable bonds is 12. The molecule has 0 aliphatic carbocycles. The topological polar surface area (TPSA) is 164 Å². The van der Waals surface area contributed by atoms with E-state index in [0.717, 1.165) is 6.42 Å². The number of aliphatic carboxylic acids is 1. The van der Waals surface area contributed by atoms with Crippen molar-refractivity contribution in [2.75, 3.05) is 0 Å². The lowest BCUT2D eigenvalue weighted by molar-refractivity contribution is -0.409. The van der Waals surface area contributed by atoms with Crippen molar-refractivity contribution in [3.63, 3.8) is 0 Å². The molecule has 304 valence electrons. The first-order valence-corrected chi connectivity index (χ1v) is 20.7. The summed E-state index contributed by atoms with van der Waals surface area (Å²) in [5.74, 6) is -6.24. The second kappa shape index (κ2) is 16.2. The van der Waals surface area contributed by atoms with Crippen molar-refractivity contribution in [3.8, 4) is 0 Å². The molecule has 5 aliphatic rings. The van der Waals surface area contributed by atoms with Gasteiger partial charge in [-0.1, -0.05) is 55.4 Å². The molecule has 5 heterocycles. The summed E-state index contributed by atoms with van der Waals surface area (Å²) in [6.45, 7) is 19.5. The summed E-state index contributed by atoms with van der Waals surface area (Å²) in [5, 5.41) is 46.0. The van der Waals surface area contributed by atoms with E-state index >= 15 is 0 Å². The number of carboxylic acids is 1. The summed E-state index contributed by atoms with van der Waals surface area (Å²) in [5.41, 5.74) is -1.64. The number of hydrogen-bond acceptors (Lipinski definition) is 11. The van der Waals surface area contributed by atoms with E-state index < -0.39 is 82.9 Å². The fraction of sp³-hybridized carbons (Fsp3) is 0.905. The van der Waals surface area contributed by atoms with Crippen LogP contribution in [0, 0.1) is 41.4 Å². The van der Waals surface area contributed by atoms with E-state index in [1.807, 2.05) is 41.5 Å². The fourth-order valence-electron chi connectivity index (χ4n) is 10.5. The van der Waals surface area contributed by atoms with Gasteiger partial charge in [0.05, 0.1) is 47.8 Å². The van der Waals surface area contributed by atoms with Gasteiger partial charge in [0, 0.05) is 42.0 Å². The molecule has 11 heteroatoms. The molecule has 0 aromatic carbocycles. The van der Waals surface area contributed by atoms with E-state index in [4.69, 9.17) is 23.7 Å². The van der Waals surface area contributed by atoms with Gasteiger partial charge in [-0.3, -0.25) is 4.79 Å². The van der Waals surface area contributed by atoms with Crippen LogP contribution in [0.2, 0.25) is 0 Å². The Kier molecular flexibility index (Phi) is 13.0. The summed E-state index contributed by atoms with van der Waals surface area (Å²) >= 11 is 0. The fourth-order valence-corrected chi connectivity index (χ4v) is 10.5. The smallest absolute Gasteiger partial charge is 0.202 e. The zero-order chi connectivity index (χ0) is 39.3. The van der Waals surface area contributed by atoms with Gasteiger partial charge in [0.1, 0.15) is 11.9 Å². The summed E-state index contributed by atoms with van der Waals surface area (Å²) in [6, 6.07) is 0. The Morgan fingerprint density at radius 3 is 2.19 bits per heavy atom. The van der Waals surface area contributed by atoms with Gasteiger partial charge in [-0.25, -0.2) is 0 Å². The molecule has 0 saturated carbocycles. The van der Waals surface area contributed by atoms with Gasteiger partial charge in [0.15, 0.2) is 5.79 Å². The lowest BCUT2D eigenvalue weighted by Gasteiger charge is -2.54. The third kappa shape index (κ3) is 7.94. The van der Waals surface area contributed by atoms with Crippen molar-refractivity contribution in [1.29, 1.82) is 0 Å². The van der Waals surface area contributed by atoms with Crippen LogP contribution in [0.4, 0.5) is 0 Å². The van der Waals surface area contributed by atoms with Crippen molar-refractivity contribution >= 4 is 11.8 Å². The number of aliphatic hydroxyl groups is 3. The monoisotopic (exact) mass is 749 g/mol. The van der Waals surface area contributed by atoms with Gasteiger partial charge >= 0.3 is 0 Å². The molecular weight excluding hydrogens is 680 g/mol. The van der Waals surface area contributed by atoms with Crippen LogP contribution in [-0.4, -0.2) is 92.6 Å². The van der Waals surface area contributed by atoms with Crippen molar-refractivity contribution < 1.29 is 53.7 Å². The summed E-state index contributed by atoms with van der Waals surface area (Å²) < 4.78 is 33.4. The van der Waals surface area contributed by atoms with E-state index in [9.17, 15) is 30.0 Å². The highest BCUT2D eigenvalue weighted by atomic mass is 16.8. The second-order valence-corrected chi connectivity index (χ2v) is 17.9. The minimum absolute atomic E-state index is 0.00774. The van der Waals surface area contributed by atoms with Gasteiger partial charge in [-0.05, 0) is 95.6 Å². The van der Waals surface area contributed by atoms with Gasteiger partial charge in [-0.15, -0.1) is 0 Å². The average molecular weight is 750 g/mol. The highest BCUT2D eigenvalue weighted by Crippen LogP contribution is 2.54. The highest BCUT2D eigenvalue weighted by Gasteiger charge is 2.63. The van der Waals surface area contributed by atoms with Crippen molar-refractivity contribution in [2.24, 2.45) is 41.4 Å². The van der Waals surface area contributed by atoms with Crippen LogP contribution in [0.3, 0.4) is 0 Å². The third-order valence-electron chi connectivity index (χ3n) is 14.4. The quantitative estimate of drug-likeness (QED) is 0.234. The van der Waals surface area contributed by atoms with E-state index in [-0.39, 0.29) is 35.7 Å². The molecular formula is C42H69O11-. The Hall–Kier alpha value is -1.44. The van der Waals surface area contributed by atoms with Crippen LogP contribution in [0.1, 0.15) is 133 Å². The maximum absolute atomic E-state index is 14.4. The Labute approximate surface area is 317 Å². The minimum Gasteiger partial charge on any atom is -0.550 e. The molecule has 53 heavy (non-hydrogen) atoms. The van der Waals surface area contributed by atoms with E-state index in [2.05, 4.69) is 20.8 Å². The predicted molar refractivity (Wildman–Crippen MR) is 196 cm³/mol. The van der Waals surface area contributed by atoms with Crippen LogP contribution in [0.15, 0.2) is 12.2 Å². The van der Waals surface area contributed by atoms with Crippen molar-refractivity contribution in [3.05, 3.63) is 12.2 Å². The van der Waals surface area contributed by atoms with E-state index in [1.165, 1.54) is 0 Å². The van der Waals surface area contributed by atoms with Gasteiger partial charge in [0.25, 0.3) is 0 Å². The standard InChI is InChI=1S/C42H70O11/c1-11-29(38(46)47)31-15-14-23(4)36(50-31)27(8)34(44)26(7)35(45)30(12-2)37-24(5)22-25(6)41(51-37)19-16-32(43)42(53-41)21-20-39(10,52-42)33-17-18-40(48,13-3)28(9)49-33/h16,19,23-34,36-37,43-44,48H,11-15,17-18,20-22H2,1-10H3,(H,46,47)/p-1/t23?,24?,25?,26?,27?,28?,29?,30?,31?,32?,33?,34?,36?,37?,39-,40+,41?,42-/m1/s1. The van der Waals surface area contributed by atoms with Crippen LogP contribution in [0.5, 0.6) is 0 Å². The number of carbonyl (C=O) groups excluding carboxylic acids is 2. The Balaban J connectivity index is 1.31. The first-order chi connectivity index (χ1) is 24.8. The van der Waals surface area contributed by atoms with Crippen LogP contribution in [-0.2, 0) is 33.3 Å². The largest absolute Gasteiger partial charge is 0.550 e. The molecule has 5 aliphatic heterocycles. The number of Topliss-reactive ketones (excluding diaryl/α,β-unsaturated/α-hetero) is 1. The molecule has 0 amide bonds. The maximum Gasteiger partial charge on any atom is 0.202 e. The molecule has 4 fully saturated rings. The van der Waals surface area contributed by atoms with Gasteiger partial charge in [-0.2, -0.15) is 0 Å². The number of ether oxygens (including phenoxy) is 5. The first-order valence-electron chi connectivity index (χ1n) is 20.7. The molecule has 15 unspecified atom stereocenters. The average Bonchev–Trinajstić information content (AvgIpc) is 3.47. The lowest BCUT2D eigenvalue weighted by Crippen LogP contribution is -2.63. The number of carbonyl (C=O) groups is 2. The molecule has 0 aromatic rings. The maximum atomic E-state index is 14.4. The number of ketones is 1. The normalized spacial score (nSPS) is 46.2. The first kappa shape index (κ1) is 42.7. The minimum atomic E-state index is -1.37. The Bertz CT molecular complexity index is 1320. The SMILES string of the molecule is CCC(C(=O)[O-])C1CCC(C)C(C(C)C(O)C(C)C(=O)C(CC)C2OC3(C=CC(O)[C@@]4(CC[C@](C)(C5CC[C@@](O)(CC)C(C)O5)O4)O3)C(C)CC2C)O1. The molecule has 5 rings (SSSR count). The van der Waals surface area contributed by atoms with Crippen LogP contribution >= 0.6 is 0 Å². The molecule has 0 radical (unpaired) electrons. The van der Waals surface area contributed by atoms with Crippen LogP contribution in [0.25, 0.3) is 0 Å². The summed E-state index contributed by atoms with van der Waals surface area (Å²) in [7, 11) is 0. The predicted octanol–water partition coefficient (Wildman–Crippen LogP) is 4.85. The molecule has 0 bridgehead atoms. The second-order valence-electron chi connectivity index (χ2n) is 17.9. The zero-order valence-corrected chi connectivity index (χ0v) is 33.9. The van der Waals surface area contributed by atoms with E-state index in [0.29, 0.717) is 57.8 Å². The van der Waals surface area contributed by atoms with Crippen LogP contribution < -0.4 is 5.11 Å². The highest BCUT2D eigenvalue weighted by molar-refractivity contribution is 5.84. The molecule has 3 N–H and O–H groups in total. The lowest BCUT2D eigenvalue weighted by atomic mass is 9.72. The summed E-state index contributed by atoms with van der Waals surface area (Å²) in [4.78, 5) is 26.2. The Morgan fingerprint density at radius 1 is 0.906 bits per heavy atom. The summed E-state index contributed by atoms with van der Waals surface area (Å²) in [6.07, 6.45) is 5.22. The number of carboxylic acid groups (broad SMARTS) is 1.